The number of nitrogens with zero attached hydrogens (tertiary/aromatic N) is 1. The number of benzene rings is 1. The van der Waals surface area contributed by atoms with Crippen LogP contribution < -0.4 is 4.90 Å². The minimum absolute atomic E-state index is 0.0512. The monoisotopic (exact) mass is 325 g/mol. The number of carbonyl (C=O) groups is 1. The van der Waals surface area contributed by atoms with Crippen molar-refractivity contribution >= 4 is 27.6 Å². The van der Waals surface area contributed by atoms with Crippen LogP contribution in [0, 0.1) is 5.92 Å². The van der Waals surface area contributed by atoms with Crippen molar-refractivity contribution in [3.63, 3.8) is 0 Å². The van der Waals surface area contributed by atoms with Crippen LogP contribution in [-0.2, 0) is 9.53 Å². The van der Waals surface area contributed by atoms with E-state index < -0.39 is 0 Å². The highest BCUT2D eigenvalue weighted by Gasteiger charge is 2.28. The summed E-state index contributed by atoms with van der Waals surface area (Å²) >= 11 is 3.45. The molecule has 104 valence electrons. The summed E-state index contributed by atoms with van der Waals surface area (Å²) in [4.78, 5) is 13.8. The van der Waals surface area contributed by atoms with E-state index in [1.54, 1.807) is 0 Å². The fourth-order valence-corrected chi connectivity index (χ4v) is 3.02. The maximum absolute atomic E-state index is 11.5. The smallest absolute Gasteiger partial charge is 0.308 e. The van der Waals surface area contributed by atoms with Gasteiger partial charge >= 0.3 is 5.97 Å². The third-order valence-electron chi connectivity index (χ3n) is 4.01. The van der Waals surface area contributed by atoms with Gasteiger partial charge in [0.15, 0.2) is 0 Å². The van der Waals surface area contributed by atoms with Gasteiger partial charge in [-0.25, -0.2) is 0 Å². The largest absolute Gasteiger partial charge is 0.469 e. The van der Waals surface area contributed by atoms with Crippen LogP contribution in [0.15, 0.2) is 28.7 Å². The second kappa shape index (κ2) is 6.42. The Balaban J connectivity index is 1.94. The van der Waals surface area contributed by atoms with E-state index in [-0.39, 0.29) is 11.9 Å². The second-order valence-corrected chi connectivity index (χ2v) is 6.03. The average molecular weight is 326 g/mol. The molecule has 1 fully saturated rings. The first kappa shape index (κ1) is 14.4. The van der Waals surface area contributed by atoms with Gasteiger partial charge in [0.05, 0.1) is 13.0 Å². The van der Waals surface area contributed by atoms with E-state index in [0.717, 1.165) is 30.2 Å². The molecule has 0 aromatic heterocycles. The average Bonchev–Trinajstić information content (AvgIpc) is 2.46. The van der Waals surface area contributed by atoms with E-state index in [2.05, 4.69) is 52.1 Å². The van der Waals surface area contributed by atoms with E-state index in [9.17, 15) is 4.79 Å². The minimum atomic E-state index is -0.0512. The van der Waals surface area contributed by atoms with Crippen LogP contribution >= 0.6 is 15.9 Å². The number of anilines is 1. The molecule has 0 saturated heterocycles. The van der Waals surface area contributed by atoms with Gasteiger partial charge in [0.25, 0.3) is 0 Å². The minimum Gasteiger partial charge on any atom is -0.469 e. The van der Waals surface area contributed by atoms with E-state index in [0.29, 0.717) is 6.04 Å². The van der Waals surface area contributed by atoms with Crippen molar-refractivity contribution in [2.75, 3.05) is 19.1 Å². The summed E-state index contributed by atoms with van der Waals surface area (Å²) in [7, 11) is 3.61. The van der Waals surface area contributed by atoms with Crippen LogP contribution in [0.5, 0.6) is 0 Å². The van der Waals surface area contributed by atoms with Crippen LogP contribution in [0.4, 0.5) is 5.69 Å². The quantitative estimate of drug-likeness (QED) is 0.795. The van der Waals surface area contributed by atoms with Gasteiger partial charge in [-0.15, -0.1) is 0 Å². The van der Waals surface area contributed by atoms with Crippen molar-refractivity contribution in [2.45, 2.75) is 31.7 Å². The van der Waals surface area contributed by atoms with Gasteiger partial charge in [-0.05, 0) is 49.9 Å². The lowest BCUT2D eigenvalue weighted by Gasteiger charge is -2.35. The number of ether oxygens (including phenoxy) is 1. The first-order valence-electron chi connectivity index (χ1n) is 6.68. The molecule has 0 atom stereocenters. The molecule has 0 unspecified atom stereocenters. The normalized spacial score (nSPS) is 22.9. The molecule has 1 aliphatic carbocycles. The molecule has 1 saturated carbocycles. The zero-order valence-corrected chi connectivity index (χ0v) is 13.0. The SMILES string of the molecule is COC(=O)[C@H]1CC[C@H](N(C)c2ccc(Br)cc2)CC1. The van der Waals surface area contributed by atoms with E-state index >= 15 is 0 Å². The zero-order valence-electron chi connectivity index (χ0n) is 11.4. The Hall–Kier alpha value is -1.03. The number of halogens is 1. The maximum Gasteiger partial charge on any atom is 0.308 e. The highest BCUT2D eigenvalue weighted by molar-refractivity contribution is 9.10. The summed E-state index contributed by atoms with van der Waals surface area (Å²) in [5, 5.41) is 0. The highest BCUT2D eigenvalue weighted by atomic mass is 79.9. The summed E-state index contributed by atoms with van der Waals surface area (Å²) < 4.78 is 5.92. The predicted molar refractivity (Wildman–Crippen MR) is 80.3 cm³/mol. The zero-order chi connectivity index (χ0) is 13.8. The lowest BCUT2D eigenvalue weighted by molar-refractivity contribution is -0.146. The van der Waals surface area contributed by atoms with Crippen molar-refractivity contribution in [1.82, 2.24) is 0 Å². The molecule has 3 nitrogen and oxygen atoms in total. The molecule has 0 N–H and O–H groups in total. The molecule has 0 amide bonds. The molecule has 2 rings (SSSR count). The van der Waals surface area contributed by atoms with Gasteiger partial charge < -0.3 is 9.64 Å². The Morgan fingerprint density at radius 3 is 2.32 bits per heavy atom. The van der Waals surface area contributed by atoms with Crippen LogP contribution in [-0.4, -0.2) is 26.2 Å². The van der Waals surface area contributed by atoms with Crippen LogP contribution in [0.2, 0.25) is 0 Å². The second-order valence-electron chi connectivity index (χ2n) is 5.12. The van der Waals surface area contributed by atoms with Gasteiger partial charge in [0, 0.05) is 23.2 Å². The summed E-state index contributed by atoms with van der Waals surface area (Å²) in [6.45, 7) is 0. The van der Waals surface area contributed by atoms with Crippen molar-refractivity contribution in [2.24, 2.45) is 5.92 Å². The Bertz CT molecular complexity index is 424. The number of methoxy groups -OCH3 is 1. The van der Waals surface area contributed by atoms with E-state index in [1.807, 2.05) is 0 Å². The standard InChI is InChI=1S/C15H20BrNO2/c1-17(14-9-5-12(16)6-10-14)13-7-3-11(4-8-13)15(18)19-2/h5-6,9-11,13H,3-4,7-8H2,1-2H3/t11-,13-. The molecule has 1 aliphatic rings. The van der Waals surface area contributed by atoms with E-state index in [1.165, 1.54) is 12.8 Å². The third-order valence-corrected chi connectivity index (χ3v) is 4.54. The van der Waals surface area contributed by atoms with Crippen LogP contribution in [0.1, 0.15) is 25.7 Å². The summed E-state index contributed by atoms with van der Waals surface area (Å²) in [6.07, 6.45) is 3.95. The molecular formula is C15H20BrNO2. The fraction of sp³-hybridized carbons (Fsp3) is 0.533. The number of hydrogen-bond donors (Lipinski definition) is 0. The lowest BCUT2D eigenvalue weighted by Crippen LogP contribution is -2.36. The van der Waals surface area contributed by atoms with Crippen molar-refractivity contribution < 1.29 is 9.53 Å². The number of carbonyl (C=O) groups excluding carboxylic acids is 1. The Kier molecular flexibility index (Phi) is 4.86. The number of rotatable bonds is 3. The molecule has 19 heavy (non-hydrogen) atoms. The summed E-state index contributed by atoms with van der Waals surface area (Å²) in [5.41, 5.74) is 1.23. The summed E-state index contributed by atoms with van der Waals surface area (Å²) in [5.74, 6) is 0.0457. The molecule has 0 radical (unpaired) electrons. The van der Waals surface area contributed by atoms with Gasteiger partial charge in [0.1, 0.15) is 0 Å². The topological polar surface area (TPSA) is 29.5 Å². The lowest BCUT2D eigenvalue weighted by atomic mass is 9.85. The van der Waals surface area contributed by atoms with Gasteiger partial charge in [-0.1, -0.05) is 15.9 Å². The highest BCUT2D eigenvalue weighted by Crippen LogP contribution is 2.30. The molecule has 0 heterocycles. The maximum atomic E-state index is 11.5. The first-order valence-corrected chi connectivity index (χ1v) is 7.47. The predicted octanol–water partition coefficient (Wildman–Crippen LogP) is 3.62. The Labute approximate surface area is 123 Å². The van der Waals surface area contributed by atoms with Gasteiger partial charge in [-0.3, -0.25) is 4.79 Å². The Morgan fingerprint density at radius 2 is 1.79 bits per heavy atom. The van der Waals surface area contributed by atoms with Crippen molar-refractivity contribution in [3.8, 4) is 0 Å². The Morgan fingerprint density at radius 1 is 1.21 bits per heavy atom. The molecule has 4 heteroatoms. The molecule has 0 bridgehead atoms. The van der Waals surface area contributed by atoms with Crippen LogP contribution in [0.25, 0.3) is 0 Å². The van der Waals surface area contributed by atoms with Crippen molar-refractivity contribution in [3.05, 3.63) is 28.7 Å². The molecule has 1 aromatic rings. The van der Waals surface area contributed by atoms with Crippen molar-refractivity contribution in [1.29, 1.82) is 0 Å². The van der Waals surface area contributed by atoms with Crippen LogP contribution in [0.3, 0.4) is 0 Å². The molecular weight excluding hydrogens is 306 g/mol. The summed E-state index contributed by atoms with van der Waals surface area (Å²) in [6, 6.07) is 8.88. The number of hydrogen-bond acceptors (Lipinski definition) is 3. The van der Waals surface area contributed by atoms with Gasteiger partial charge in [-0.2, -0.15) is 0 Å². The molecule has 0 spiro atoms. The molecule has 0 aliphatic heterocycles. The fourth-order valence-electron chi connectivity index (χ4n) is 2.75. The molecule has 1 aromatic carbocycles. The third kappa shape index (κ3) is 3.50. The number of esters is 1. The first-order chi connectivity index (χ1) is 9.11. The van der Waals surface area contributed by atoms with E-state index in [4.69, 9.17) is 4.74 Å². The van der Waals surface area contributed by atoms with Gasteiger partial charge in [0.2, 0.25) is 0 Å².